The van der Waals surface area contributed by atoms with E-state index in [-0.39, 0.29) is 5.56 Å². The first-order valence-electron chi connectivity index (χ1n) is 5.12. The standard InChI is InChI=1S/C12H7ClF3NOS/c1-6-4-19-5-8(6)10(18)7-2-3-9(12(14,15)16)17-11(7)13/h2-5H,1H3. The highest BCUT2D eigenvalue weighted by Gasteiger charge is 2.33. The van der Waals surface area contributed by atoms with E-state index in [0.717, 1.165) is 17.7 Å². The number of alkyl halides is 3. The van der Waals surface area contributed by atoms with Crippen molar-refractivity contribution in [1.82, 2.24) is 4.98 Å². The topological polar surface area (TPSA) is 30.0 Å². The Morgan fingerprint density at radius 1 is 1.26 bits per heavy atom. The molecule has 0 aromatic carbocycles. The van der Waals surface area contributed by atoms with E-state index < -0.39 is 22.8 Å². The molecule has 19 heavy (non-hydrogen) atoms. The molecule has 100 valence electrons. The number of thiophene rings is 1. The fourth-order valence-electron chi connectivity index (χ4n) is 1.50. The van der Waals surface area contributed by atoms with Gasteiger partial charge in [0.25, 0.3) is 0 Å². The number of rotatable bonds is 2. The first kappa shape index (κ1) is 14.0. The van der Waals surface area contributed by atoms with Crippen LogP contribution in [0.4, 0.5) is 13.2 Å². The maximum Gasteiger partial charge on any atom is 0.433 e. The molecule has 7 heteroatoms. The van der Waals surface area contributed by atoms with Crippen LogP contribution in [0.3, 0.4) is 0 Å². The predicted molar refractivity (Wildman–Crippen MR) is 66.7 cm³/mol. The molecular weight excluding hydrogens is 299 g/mol. The molecule has 2 heterocycles. The third kappa shape index (κ3) is 2.79. The Balaban J connectivity index is 2.43. The molecule has 0 aliphatic rings. The molecule has 0 saturated heterocycles. The monoisotopic (exact) mass is 305 g/mol. The fraction of sp³-hybridized carbons (Fsp3) is 0.167. The van der Waals surface area contributed by atoms with E-state index in [0.29, 0.717) is 5.56 Å². The van der Waals surface area contributed by atoms with Gasteiger partial charge in [-0.15, -0.1) is 0 Å². The number of aromatic nitrogens is 1. The average molecular weight is 306 g/mol. The molecule has 2 aromatic rings. The number of hydrogen-bond acceptors (Lipinski definition) is 3. The summed E-state index contributed by atoms with van der Waals surface area (Å²) < 4.78 is 37.3. The number of nitrogens with zero attached hydrogens (tertiary/aromatic N) is 1. The Hall–Kier alpha value is -1.40. The summed E-state index contributed by atoms with van der Waals surface area (Å²) in [5.74, 6) is -0.426. The van der Waals surface area contributed by atoms with Gasteiger partial charge in [0, 0.05) is 10.9 Å². The summed E-state index contributed by atoms with van der Waals surface area (Å²) in [5, 5.41) is 2.97. The third-order valence-electron chi connectivity index (χ3n) is 2.48. The maximum absolute atomic E-state index is 12.4. The molecule has 0 atom stereocenters. The van der Waals surface area contributed by atoms with Crippen LogP contribution in [-0.4, -0.2) is 10.8 Å². The molecule has 0 radical (unpaired) electrons. The van der Waals surface area contributed by atoms with Crippen LogP contribution < -0.4 is 0 Å². The van der Waals surface area contributed by atoms with Gasteiger partial charge < -0.3 is 0 Å². The summed E-state index contributed by atoms with van der Waals surface area (Å²) in [5.41, 5.74) is 0.0340. The zero-order chi connectivity index (χ0) is 14.2. The zero-order valence-electron chi connectivity index (χ0n) is 9.58. The highest BCUT2D eigenvalue weighted by Crippen LogP contribution is 2.30. The van der Waals surface area contributed by atoms with Crippen molar-refractivity contribution in [3.63, 3.8) is 0 Å². The summed E-state index contributed by atoms with van der Waals surface area (Å²) >= 11 is 7.01. The number of carbonyl (C=O) groups excluding carboxylic acids is 1. The predicted octanol–water partition coefficient (Wildman–Crippen LogP) is 4.35. The highest BCUT2D eigenvalue weighted by molar-refractivity contribution is 7.08. The molecule has 0 saturated carbocycles. The van der Waals surface area contributed by atoms with Crippen LogP contribution >= 0.6 is 22.9 Å². The second kappa shape index (κ2) is 4.94. The molecule has 0 fully saturated rings. The lowest BCUT2D eigenvalue weighted by Gasteiger charge is -2.08. The number of pyridine rings is 1. The van der Waals surface area contributed by atoms with Gasteiger partial charge in [-0.25, -0.2) is 4.98 Å². The van der Waals surface area contributed by atoms with E-state index in [1.54, 1.807) is 17.7 Å². The molecule has 0 bridgehead atoms. The van der Waals surface area contributed by atoms with Crippen molar-refractivity contribution >= 4 is 28.7 Å². The molecule has 0 aliphatic heterocycles. The second-order valence-corrected chi connectivity index (χ2v) is 4.93. The van der Waals surface area contributed by atoms with Crippen molar-refractivity contribution in [2.24, 2.45) is 0 Å². The molecule has 2 nitrogen and oxygen atoms in total. The van der Waals surface area contributed by atoms with Gasteiger partial charge in [-0.05, 0) is 30.0 Å². The number of ketones is 1. The maximum atomic E-state index is 12.4. The van der Waals surface area contributed by atoms with Gasteiger partial charge in [0.2, 0.25) is 0 Å². The van der Waals surface area contributed by atoms with E-state index in [2.05, 4.69) is 4.98 Å². The minimum atomic E-state index is -4.58. The van der Waals surface area contributed by atoms with Crippen molar-refractivity contribution in [3.05, 3.63) is 50.4 Å². The van der Waals surface area contributed by atoms with Crippen LogP contribution in [0.5, 0.6) is 0 Å². The Morgan fingerprint density at radius 2 is 1.95 bits per heavy atom. The second-order valence-electron chi connectivity index (χ2n) is 3.83. The molecule has 0 unspecified atom stereocenters. The minimum absolute atomic E-state index is 0.0313. The van der Waals surface area contributed by atoms with E-state index in [4.69, 9.17) is 11.6 Å². The number of aryl methyl sites for hydroxylation is 1. The van der Waals surface area contributed by atoms with Gasteiger partial charge in [-0.3, -0.25) is 4.79 Å². The largest absolute Gasteiger partial charge is 0.433 e. The first-order chi connectivity index (χ1) is 8.80. The lowest BCUT2D eigenvalue weighted by Crippen LogP contribution is -2.11. The smallest absolute Gasteiger partial charge is 0.288 e. The highest BCUT2D eigenvalue weighted by atomic mass is 35.5. The first-order valence-corrected chi connectivity index (χ1v) is 6.44. The number of hydrogen-bond donors (Lipinski definition) is 0. The summed E-state index contributed by atoms with van der Waals surface area (Å²) in [7, 11) is 0. The van der Waals surface area contributed by atoms with Crippen molar-refractivity contribution in [2.45, 2.75) is 13.1 Å². The van der Waals surface area contributed by atoms with Crippen LogP contribution in [0.25, 0.3) is 0 Å². The zero-order valence-corrected chi connectivity index (χ0v) is 11.2. The van der Waals surface area contributed by atoms with Gasteiger partial charge in [0.05, 0.1) is 5.56 Å². The number of halogens is 4. The van der Waals surface area contributed by atoms with E-state index in [1.165, 1.54) is 11.3 Å². The molecule has 2 aromatic heterocycles. The minimum Gasteiger partial charge on any atom is -0.288 e. The van der Waals surface area contributed by atoms with E-state index >= 15 is 0 Å². The SMILES string of the molecule is Cc1cscc1C(=O)c1ccc(C(F)(F)F)nc1Cl. The molecular formula is C12H7ClF3NOS. The lowest BCUT2D eigenvalue weighted by molar-refractivity contribution is -0.141. The normalized spacial score (nSPS) is 11.6. The quantitative estimate of drug-likeness (QED) is 0.609. The van der Waals surface area contributed by atoms with Crippen molar-refractivity contribution in [2.75, 3.05) is 0 Å². The summed E-state index contributed by atoms with van der Waals surface area (Å²) in [6, 6.07) is 1.80. The Labute approximate surface area is 115 Å². The van der Waals surface area contributed by atoms with Crippen LogP contribution in [0, 0.1) is 6.92 Å². The fourth-order valence-corrected chi connectivity index (χ4v) is 2.57. The van der Waals surface area contributed by atoms with Crippen LogP contribution in [0.15, 0.2) is 22.9 Å². The van der Waals surface area contributed by atoms with Crippen molar-refractivity contribution < 1.29 is 18.0 Å². The average Bonchev–Trinajstić information content (AvgIpc) is 2.73. The third-order valence-corrected chi connectivity index (χ3v) is 3.63. The molecule has 0 N–H and O–H groups in total. The summed E-state index contributed by atoms with van der Waals surface area (Å²) in [6.07, 6.45) is -4.58. The van der Waals surface area contributed by atoms with Crippen LogP contribution in [0.2, 0.25) is 5.15 Å². The van der Waals surface area contributed by atoms with Crippen LogP contribution in [0.1, 0.15) is 27.2 Å². The van der Waals surface area contributed by atoms with Crippen LogP contribution in [-0.2, 0) is 6.18 Å². The van der Waals surface area contributed by atoms with Gasteiger partial charge in [-0.2, -0.15) is 24.5 Å². The molecule has 2 rings (SSSR count). The van der Waals surface area contributed by atoms with E-state index in [1.807, 2.05) is 0 Å². The van der Waals surface area contributed by atoms with Gasteiger partial charge in [0.1, 0.15) is 10.8 Å². The van der Waals surface area contributed by atoms with Gasteiger partial charge >= 0.3 is 6.18 Å². The molecule has 0 amide bonds. The van der Waals surface area contributed by atoms with E-state index in [9.17, 15) is 18.0 Å². The van der Waals surface area contributed by atoms with Gasteiger partial charge in [0.15, 0.2) is 5.78 Å². The summed E-state index contributed by atoms with van der Waals surface area (Å²) in [6.45, 7) is 1.75. The number of carbonyl (C=O) groups is 1. The van der Waals surface area contributed by atoms with Crippen molar-refractivity contribution in [1.29, 1.82) is 0 Å². The molecule has 0 aliphatic carbocycles. The Bertz CT molecular complexity index is 636. The summed E-state index contributed by atoms with van der Waals surface area (Å²) in [4.78, 5) is 15.3. The Kier molecular flexibility index (Phi) is 3.64. The van der Waals surface area contributed by atoms with Crippen molar-refractivity contribution in [3.8, 4) is 0 Å². The lowest BCUT2D eigenvalue weighted by atomic mass is 10.0. The van der Waals surface area contributed by atoms with Gasteiger partial charge in [-0.1, -0.05) is 11.6 Å². The molecule has 0 spiro atoms. The Morgan fingerprint density at radius 3 is 2.42 bits per heavy atom.